The lowest BCUT2D eigenvalue weighted by molar-refractivity contribution is 0.366. The summed E-state index contributed by atoms with van der Waals surface area (Å²) in [5.74, 6) is -0.898. The average Bonchev–Trinajstić information content (AvgIpc) is 3.29. The summed E-state index contributed by atoms with van der Waals surface area (Å²) in [6.07, 6.45) is 3.26. The quantitative estimate of drug-likeness (QED) is 0.164. The molecule has 4 aromatic rings. The monoisotopic (exact) mass is 563 g/mol. The minimum absolute atomic E-state index is 0.270. The highest BCUT2D eigenvalue weighted by atomic mass is 35.5. The van der Waals surface area contributed by atoms with E-state index in [4.69, 9.17) is 11.6 Å². The van der Waals surface area contributed by atoms with Crippen molar-refractivity contribution >= 4 is 39.2 Å². The third-order valence-electron chi connectivity index (χ3n) is 6.10. The molecule has 0 fully saturated rings. The van der Waals surface area contributed by atoms with Gasteiger partial charge in [-0.1, -0.05) is 55.4 Å². The number of nitrogens with one attached hydrogen (secondary N) is 1. The van der Waals surface area contributed by atoms with Crippen LogP contribution in [0.2, 0.25) is 5.02 Å². The average molecular weight is 564 g/mol. The van der Waals surface area contributed by atoms with Crippen LogP contribution < -0.4 is 4.72 Å². The molecule has 0 atom stereocenters. The number of aliphatic hydroxyl groups is 1. The van der Waals surface area contributed by atoms with Gasteiger partial charge >= 0.3 is 0 Å². The van der Waals surface area contributed by atoms with Gasteiger partial charge in [-0.2, -0.15) is 0 Å². The Bertz CT molecular complexity index is 1420. The summed E-state index contributed by atoms with van der Waals surface area (Å²) in [7, 11) is -2.88. The van der Waals surface area contributed by atoms with Gasteiger partial charge in [-0.25, -0.2) is 13.8 Å². The zero-order valence-corrected chi connectivity index (χ0v) is 23.0. The normalized spacial score (nSPS) is 12.5. The highest BCUT2D eigenvalue weighted by Crippen LogP contribution is 2.38. The van der Waals surface area contributed by atoms with Crippen molar-refractivity contribution in [1.82, 2.24) is 9.55 Å². The van der Waals surface area contributed by atoms with Crippen molar-refractivity contribution in [1.29, 1.82) is 0 Å². The van der Waals surface area contributed by atoms with Crippen molar-refractivity contribution < 1.29 is 18.1 Å². The minimum Gasteiger partial charge on any atom is -0.383 e. The Morgan fingerprint density at radius 1 is 1.08 bits per heavy atom. The largest absolute Gasteiger partial charge is 0.383 e. The number of nitrogens with zero attached hydrogens (tertiary/aromatic N) is 2. The lowest BCUT2D eigenvalue weighted by Crippen LogP contribution is -2.25. The number of aliphatic hydroxyl groups excluding tert-OH is 1. The van der Waals surface area contributed by atoms with Crippen LogP contribution >= 0.6 is 23.4 Å². The summed E-state index contributed by atoms with van der Waals surface area (Å²) in [6.45, 7) is 4.10. The number of benzene rings is 3. The summed E-state index contributed by atoms with van der Waals surface area (Å²) in [5, 5.41) is 10.3. The fourth-order valence-electron chi connectivity index (χ4n) is 3.94. The first-order valence-corrected chi connectivity index (χ1v) is 15.2. The fourth-order valence-corrected chi connectivity index (χ4v) is 6.04. The molecule has 0 unspecified atom stereocenters. The van der Waals surface area contributed by atoms with Gasteiger partial charge in [-0.3, -0.25) is 8.78 Å². The van der Waals surface area contributed by atoms with Crippen molar-refractivity contribution in [3.05, 3.63) is 106 Å². The first kappa shape index (κ1) is 27.3. The molecule has 0 bridgehead atoms. The number of rotatable bonds is 9. The molecule has 0 amide bonds. The van der Waals surface area contributed by atoms with E-state index in [9.17, 15) is 18.1 Å². The van der Waals surface area contributed by atoms with Crippen molar-refractivity contribution in [3.63, 3.8) is 0 Å². The SMILES string of the molecule is CC(C)(c1ccc(N[SH](C)(=O)CO)cc1)c1cnc(SCc2c(F)cccc2Cl)n1-c1ccc(F)cc1. The highest BCUT2D eigenvalue weighted by molar-refractivity contribution is 8.03. The molecule has 0 radical (unpaired) electrons. The first-order valence-electron chi connectivity index (χ1n) is 11.5. The van der Waals surface area contributed by atoms with Crippen LogP contribution in [0.3, 0.4) is 0 Å². The Morgan fingerprint density at radius 3 is 2.38 bits per heavy atom. The maximum absolute atomic E-state index is 14.4. The Hall–Kier alpha value is -2.72. The summed E-state index contributed by atoms with van der Waals surface area (Å²) in [4.78, 5) is 4.65. The van der Waals surface area contributed by atoms with E-state index in [1.807, 2.05) is 42.7 Å². The number of thiol groups is 1. The second-order valence-electron chi connectivity index (χ2n) is 9.28. The molecule has 0 aliphatic rings. The van der Waals surface area contributed by atoms with Gasteiger partial charge in [0.1, 0.15) is 17.6 Å². The predicted molar refractivity (Wildman–Crippen MR) is 149 cm³/mol. The van der Waals surface area contributed by atoms with Crippen LogP contribution in [0.4, 0.5) is 14.5 Å². The molecule has 3 aromatic carbocycles. The number of thioether (sulfide) groups is 1. The predicted octanol–water partition coefficient (Wildman–Crippen LogP) is 6.35. The molecule has 1 aromatic heterocycles. The molecule has 0 saturated carbocycles. The van der Waals surface area contributed by atoms with Gasteiger partial charge in [0.05, 0.1) is 11.9 Å². The van der Waals surface area contributed by atoms with Crippen molar-refractivity contribution in [2.75, 3.05) is 16.9 Å². The van der Waals surface area contributed by atoms with E-state index >= 15 is 0 Å². The van der Waals surface area contributed by atoms with E-state index in [0.717, 1.165) is 16.9 Å². The van der Waals surface area contributed by atoms with E-state index < -0.39 is 21.5 Å². The van der Waals surface area contributed by atoms with E-state index in [2.05, 4.69) is 9.71 Å². The summed E-state index contributed by atoms with van der Waals surface area (Å²) in [5.41, 5.74) is 3.02. The number of hydrogen-bond acceptors (Lipinski definition) is 4. The van der Waals surface area contributed by atoms with Crippen LogP contribution in [-0.2, 0) is 21.3 Å². The third-order valence-corrected chi connectivity index (χ3v) is 8.71. The summed E-state index contributed by atoms with van der Waals surface area (Å²) in [6, 6.07) is 18.2. The van der Waals surface area contributed by atoms with Gasteiger partial charge in [0, 0.05) is 39.4 Å². The van der Waals surface area contributed by atoms with Gasteiger partial charge in [0.15, 0.2) is 5.16 Å². The number of imidazole rings is 1. The molecule has 0 aliphatic heterocycles. The molecule has 37 heavy (non-hydrogen) atoms. The molecule has 5 nitrogen and oxygen atoms in total. The number of hydrogen-bond donors (Lipinski definition) is 3. The molecule has 2 N–H and O–H groups in total. The van der Waals surface area contributed by atoms with Crippen LogP contribution in [0.25, 0.3) is 5.69 Å². The molecule has 196 valence electrons. The maximum Gasteiger partial charge on any atom is 0.173 e. The lowest BCUT2D eigenvalue weighted by atomic mass is 9.81. The van der Waals surface area contributed by atoms with E-state index in [1.165, 1.54) is 36.2 Å². The topological polar surface area (TPSA) is 67.2 Å². The highest BCUT2D eigenvalue weighted by Gasteiger charge is 2.30. The van der Waals surface area contributed by atoms with Crippen LogP contribution in [0, 0.1) is 11.6 Å². The van der Waals surface area contributed by atoms with Gasteiger partial charge in [0.2, 0.25) is 0 Å². The third kappa shape index (κ3) is 6.06. The number of halogens is 3. The van der Waals surface area contributed by atoms with E-state index in [-0.39, 0.29) is 17.4 Å². The van der Waals surface area contributed by atoms with Crippen LogP contribution in [0.1, 0.15) is 30.7 Å². The molecule has 10 heteroatoms. The Kier molecular flexibility index (Phi) is 8.08. The Morgan fingerprint density at radius 2 is 1.76 bits per heavy atom. The Balaban J connectivity index is 1.72. The van der Waals surface area contributed by atoms with Gasteiger partial charge in [-0.15, -0.1) is 0 Å². The second kappa shape index (κ2) is 10.9. The number of aromatic nitrogens is 2. The van der Waals surface area contributed by atoms with E-state index in [0.29, 0.717) is 21.4 Å². The van der Waals surface area contributed by atoms with Crippen LogP contribution in [-0.4, -0.2) is 31.1 Å². The molecular formula is C27H28ClF2N3O2S2. The van der Waals surface area contributed by atoms with E-state index in [1.54, 1.807) is 30.5 Å². The zero-order valence-electron chi connectivity index (χ0n) is 20.6. The Labute approximate surface area is 225 Å². The molecule has 0 saturated heterocycles. The van der Waals surface area contributed by atoms with Gasteiger partial charge in [-0.05, 0) is 64.2 Å². The molecule has 0 aliphatic carbocycles. The molecular weight excluding hydrogens is 536 g/mol. The summed E-state index contributed by atoms with van der Waals surface area (Å²) < 4.78 is 45.2. The van der Waals surface area contributed by atoms with Crippen molar-refractivity contribution in [2.45, 2.75) is 30.2 Å². The smallest absolute Gasteiger partial charge is 0.173 e. The van der Waals surface area contributed by atoms with Crippen LogP contribution in [0.15, 0.2) is 78.1 Å². The standard InChI is InChI=1S/C27H28ClF2N3O2S2/c1-27(2,18-7-11-20(12-8-18)32-37(3,35)17-34)25-15-31-26(33(25)21-13-9-19(29)10-14-21)36-16-22-23(28)5-4-6-24(22)30/h4-15,34,37H,16-17H2,1-3H3,(H,32,35). The second-order valence-corrected chi connectivity index (χ2v) is 13.3. The lowest BCUT2D eigenvalue weighted by Gasteiger charge is -2.28. The van der Waals surface area contributed by atoms with Crippen molar-refractivity contribution in [3.8, 4) is 5.69 Å². The van der Waals surface area contributed by atoms with Gasteiger partial charge < -0.3 is 9.83 Å². The fraction of sp³-hybridized carbons (Fsp3) is 0.222. The summed E-state index contributed by atoms with van der Waals surface area (Å²) >= 11 is 7.57. The number of anilines is 1. The minimum atomic E-state index is -2.88. The zero-order chi connectivity index (χ0) is 26.8. The van der Waals surface area contributed by atoms with Gasteiger partial charge in [0.25, 0.3) is 0 Å². The first-order chi connectivity index (χ1) is 17.5. The molecule has 1 heterocycles. The maximum atomic E-state index is 14.4. The van der Waals surface area contributed by atoms with Crippen LogP contribution in [0.5, 0.6) is 0 Å². The molecule has 0 spiro atoms. The molecule has 4 rings (SSSR count). The van der Waals surface area contributed by atoms with Crippen molar-refractivity contribution in [2.24, 2.45) is 0 Å².